The number of rotatable bonds is 11. The van der Waals surface area contributed by atoms with E-state index in [2.05, 4.69) is 15.0 Å². The van der Waals surface area contributed by atoms with E-state index < -0.39 is 12.2 Å². The van der Waals surface area contributed by atoms with Crippen LogP contribution in [0.5, 0.6) is 23.0 Å². The van der Waals surface area contributed by atoms with E-state index in [1.165, 1.54) is 12.1 Å². The van der Waals surface area contributed by atoms with Gasteiger partial charge in [0.05, 0.1) is 23.3 Å². The van der Waals surface area contributed by atoms with Gasteiger partial charge in [-0.1, -0.05) is 37.6 Å². The van der Waals surface area contributed by atoms with Crippen LogP contribution in [0.2, 0.25) is 0 Å². The zero-order chi connectivity index (χ0) is 28.8. The average Bonchev–Trinajstić information content (AvgIpc) is 2.94. The van der Waals surface area contributed by atoms with Crippen molar-refractivity contribution in [3.05, 3.63) is 65.7 Å². The third-order valence-corrected chi connectivity index (χ3v) is 6.51. The molecule has 9 nitrogen and oxygen atoms in total. The van der Waals surface area contributed by atoms with Gasteiger partial charge in [0.15, 0.2) is 17.5 Å². The molecule has 0 aliphatic heterocycles. The summed E-state index contributed by atoms with van der Waals surface area (Å²) in [5.74, 6) is 1.41. The summed E-state index contributed by atoms with van der Waals surface area (Å²) in [6, 6.07) is 15.5. The lowest BCUT2D eigenvalue weighted by molar-refractivity contribution is 0.104. The van der Waals surface area contributed by atoms with Gasteiger partial charge in [-0.15, -0.1) is 0 Å². The van der Waals surface area contributed by atoms with Crippen LogP contribution in [0.15, 0.2) is 54.6 Å². The molecule has 0 aliphatic carbocycles. The zero-order valence-corrected chi connectivity index (χ0v) is 23.1. The number of aromatic hydroxyl groups is 2. The average molecular weight is 546 g/mol. The summed E-state index contributed by atoms with van der Waals surface area (Å²) < 4.78 is 11.2. The highest BCUT2D eigenvalue weighted by molar-refractivity contribution is 5.73. The van der Waals surface area contributed by atoms with E-state index in [1.807, 2.05) is 45.9 Å². The predicted molar refractivity (Wildman–Crippen MR) is 153 cm³/mol. The van der Waals surface area contributed by atoms with E-state index >= 15 is 0 Å². The van der Waals surface area contributed by atoms with E-state index in [-0.39, 0.29) is 36.4 Å². The molecule has 2 atom stereocenters. The van der Waals surface area contributed by atoms with Gasteiger partial charge in [-0.25, -0.2) is 15.0 Å². The first-order chi connectivity index (χ1) is 19.2. The number of nitrogens with zero attached hydrogens (tertiary/aromatic N) is 3. The smallest absolute Gasteiger partial charge is 0.167 e. The van der Waals surface area contributed by atoms with Gasteiger partial charge in [0.1, 0.15) is 36.2 Å². The van der Waals surface area contributed by atoms with Gasteiger partial charge >= 0.3 is 0 Å². The third kappa shape index (κ3) is 6.86. The maximum atomic E-state index is 10.9. The second-order valence-corrected chi connectivity index (χ2v) is 9.73. The summed E-state index contributed by atoms with van der Waals surface area (Å²) in [7, 11) is 0. The molecule has 3 aromatic carbocycles. The summed E-state index contributed by atoms with van der Waals surface area (Å²) in [6.07, 6.45) is -0.0946. The molecule has 4 N–H and O–H groups in total. The molecule has 1 heterocycles. The molecule has 0 radical (unpaired) electrons. The summed E-state index contributed by atoms with van der Waals surface area (Å²) in [4.78, 5) is 14.0. The van der Waals surface area contributed by atoms with Crippen molar-refractivity contribution in [1.82, 2.24) is 15.0 Å². The Hall–Kier alpha value is -4.21. The van der Waals surface area contributed by atoms with Crippen molar-refractivity contribution in [1.29, 1.82) is 0 Å². The molecule has 0 spiro atoms. The highest BCUT2D eigenvalue weighted by Crippen LogP contribution is 2.36. The molecular weight excluding hydrogens is 510 g/mol. The number of aliphatic hydroxyl groups is 2. The fourth-order valence-electron chi connectivity index (χ4n) is 4.00. The molecule has 0 fully saturated rings. The second-order valence-electron chi connectivity index (χ2n) is 9.73. The molecule has 0 saturated carbocycles. The Bertz CT molecular complexity index is 1390. The highest BCUT2D eigenvalue weighted by atomic mass is 16.5. The van der Waals surface area contributed by atoms with Gasteiger partial charge in [-0.3, -0.25) is 0 Å². The SMILES string of the molecule is CCC(O)COc1ccc(-c2nc(-c3ccc(C)cc3C)nc(-c3ccc(OCC(O)CC)cc3O)n2)c(O)c1. The largest absolute Gasteiger partial charge is 0.507 e. The quantitative estimate of drug-likeness (QED) is 0.200. The van der Waals surface area contributed by atoms with E-state index in [0.29, 0.717) is 41.3 Å². The van der Waals surface area contributed by atoms with Crippen molar-refractivity contribution in [3.8, 4) is 57.2 Å². The van der Waals surface area contributed by atoms with Gasteiger partial charge in [0.2, 0.25) is 0 Å². The number of hydrogen-bond donors (Lipinski definition) is 4. The minimum atomic E-state index is -0.602. The van der Waals surface area contributed by atoms with E-state index in [4.69, 9.17) is 9.47 Å². The number of phenols is 2. The van der Waals surface area contributed by atoms with Gasteiger partial charge in [-0.05, 0) is 56.5 Å². The van der Waals surface area contributed by atoms with Crippen molar-refractivity contribution < 1.29 is 29.9 Å². The minimum absolute atomic E-state index is 0.102. The van der Waals surface area contributed by atoms with Crippen LogP contribution in [0, 0.1) is 13.8 Å². The normalized spacial score (nSPS) is 12.7. The van der Waals surface area contributed by atoms with Gasteiger partial charge in [0.25, 0.3) is 0 Å². The third-order valence-electron chi connectivity index (χ3n) is 6.51. The lowest BCUT2D eigenvalue weighted by atomic mass is 10.0. The molecular formula is C31H35N3O6. The minimum Gasteiger partial charge on any atom is -0.507 e. The topological polar surface area (TPSA) is 138 Å². The molecule has 210 valence electrons. The first-order valence-electron chi connectivity index (χ1n) is 13.3. The second kappa shape index (κ2) is 12.8. The van der Waals surface area contributed by atoms with Crippen LogP contribution in [0.4, 0.5) is 0 Å². The van der Waals surface area contributed by atoms with Crippen LogP contribution in [0.3, 0.4) is 0 Å². The van der Waals surface area contributed by atoms with Gasteiger partial charge < -0.3 is 29.9 Å². The lowest BCUT2D eigenvalue weighted by Crippen LogP contribution is -2.15. The van der Waals surface area contributed by atoms with E-state index in [9.17, 15) is 20.4 Å². The molecule has 0 amide bonds. The molecule has 0 saturated heterocycles. The first-order valence-corrected chi connectivity index (χ1v) is 13.3. The lowest BCUT2D eigenvalue weighted by Gasteiger charge is -2.14. The van der Waals surface area contributed by atoms with E-state index in [0.717, 1.165) is 16.7 Å². The number of ether oxygens (including phenoxy) is 2. The Morgan fingerprint density at radius 3 is 1.45 bits per heavy atom. The standard InChI is InChI=1S/C31H35N3O6/c1-5-20(35)16-39-22-8-11-25(27(37)14-22)30-32-29(24-10-7-18(3)13-19(24)4)33-31(34-30)26-12-9-23(15-28(26)38)40-17-21(36)6-2/h7-15,20-21,35-38H,5-6,16-17H2,1-4H3. The number of hydrogen-bond acceptors (Lipinski definition) is 9. The Balaban J connectivity index is 1.77. The number of aryl methyl sites for hydroxylation is 2. The van der Waals surface area contributed by atoms with Crippen LogP contribution in [-0.2, 0) is 0 Å². The number of phenolic OH excluding ortho intramolecular Hbond substituents is 2. The molecule has 4 rings (SSSR count). The molecule has 2 unspecified atom stereocenters. The van der Waals surface area contributed by atoms with Gasteiger partial charge in [0, 0.05) is 17.7 Å². The fourth-order valence-corrected chi connectivity index (χ4v) is 4.00. The monoisotopic (exact) mass is 545 g/mol. The molecule has 9 heteroatoms. The summed E-state index contributed by atoms with van der Waals surface area (Å²) in [5.41, 5.74) is 3.56. The molecule has 40 heavy (non-hydrogen) atoms. The van der Waals surface area contributed by atoms with Crippen LogP contribution in [0.25, 0.3) is 34.2 Å². The molecule has 1 aromatic heterocycles. The van der Waals surface area contributed by atoms with Crippen LogP contribution >= 0.6 is 0 Å². The molecule has 0 bridgehead atoms. The van der Waals surface area contributed by atoms with Crippen molar-refractivity contribution in [2.45, 2.75) is 52.7 Å². The number of benzene rings is 3. The Labute approximate surface area is 233 Å². The fraction of sp³-hybridized carbons (Fsp3) is 0.323. The van der Waals surface area contributed by atoms with E-state index in [1.54, 1.807) is 24.3 Å². The van der Waals surface area contributed by atoms with Crippen molar-refractivity contribution in [2.75, 3.05) is 13.2 Å². The summed E-state index contributed by atoms with van der Waals surface area (Å²) >= 11 is 0. The Morgan fingerprint density at radius 1 is 0.625 bits per heavy atom. The highest BCUT2D eigenvalue weighted by Gasteiger charge is 2.19. The molecule has 4 aromatic rings. The van der Waals surface area contributed by atoms with Crippen LogP contribution < -0.4 is 9.47 Å². The Morgan fingerprint density at radius 2 is 1.05 bits per heavy atom. The number of aliphatic hydroxyl groups excluding tert-OH is 2. The maximum absolute atomic E-state index is 10.9. The van der Waals surface area contributed by atoms with Crippen molar-refractivity contribution in [3.63, 3.8) is 0 Å². The number of aromatic nitrogens is 3. The maximum Gasteiger partial charge on any atom is 0.167 e. The summed E-state index contributed by atoms with van der Waals surface area (Å²) in [5, 5.41) is 41.3. The van der Waals surface area contributed by atoms with Crippen LogP contribution in [-0.4, -0.2) is 60.8 Å². The van der Waals surface area contributed by atoms with Crippen molar-refractivity contribution >= 4 is 0 Å². The predicted octanol–water partition coefficient (Wildman–Crippen LogP) is 5.20. The summed E-state index contributed by atoms with van der Waals surface area (Å²) in [6.45, 7) is 7.90. The van der Waals surface area contributed by atoms with Crippen LogP contribution in [0.1, 0.15) is 37.8 Å². The first kappa shape index (κ1) is 28.8. The van der Waals surface area contributed by atoms with Crippen molar-refractivity contribution in [2.24, 2.45) is 0 Å². The zero-order valence-electron chi connectivity index (χ0n) is 23.1. The Kier molecular flexibility index (Phi) is 9.19. The molecule has 0 aliphatic rings. The van der Waals surface area contributed by atoms with Gasteiger partial charge in [-0.2, -0.15) is 0 Å².